The van der Waals surface area contributed by atoms with E-state index in [-0.39, 0.29) is 34.5 Å². The van der Waals surface area contributed by atoms with Gasteiger partial charge in [0.25, 0.3) is 0 Å². The minimum absolute atomic E-state index is 0.0524. The molecule has 2 unspecified atom stereocenters. The van der Waals surface area contributed by atoms with Gasteiger partial charge >= 0.3 is 6.18 Å². The number of rotatable bonds is 9. The number of hydrogen-bond donors (Lipinski definition) is 3. The smallest absolute Gasteiger partial charge is 0.357 e. The van der Waals surface area contributed by atoms with E-state index in [4.69, 9.17) is 0 Å². The van der Waals surface area contributed by atoms with E-state index in [0.29, 0.717) is 29.7 Å². The van der Waals surface area contributed by atoms with Crippen LogP contribution in [0, 0.1) is 17.6 Å². The van der Waals surface area contributed by atoms with E-state index in [0.717, 1.165) is 12.5 Å². The molecule has 1 saturated carbocycles. The molecule has 2 aromatic rings. The fraction of sp³-hybridized carbons (Fsp3) is 0.417. The molecule has 0 amide bonds. The molecular formula is C24H26F5N5. The van der Waals surface area contributed by atoms with Crippen molar-refractivity contribution in [3.8, 4) is 0 Å². The largest absolute Gasteiger partial charge is 0.412 e. The van der Waals surface area contributed by atoms with Crippen molar-refractivity contribution in [1.29, 1.82) is 0 Å². The zero-order chi connectivity index (χ0) is 24.6. The lowest BCUT2D eigenvalue weighted by atomic mass is 10.0. The van der Waals surface area contributed by atoms with E-state index in [9.17, 15) is 22.0 Å². The summed E-state index contributed by atoms with van der Waals surface area (Å²) in [7, 11) is 0. The minimum atomic E-state index is -4.69. The summed E-state index contributed by atoms with van der Waals surface area (Å²) in [5, 5.41) is 8.37. The summed E-state index contributed by atoms with van der Waals surface area (Å²) in [4.78, 5) is 8.46. The Labute approximate surface area is 194 Å². The highest BCUT2D eigenvalue weighted by atomic mass is 19.4. The molecule has 34 heavy (non-hydrogen) atoms. The van der Waals surface area contributed by atoms with Gasteiger partial charge in [0.15, 0.2) is 0 Å². The van der Waals surface area contributed by atoms with Crippen LogP contribution in [0.15, 0.2) is 42.5 Å². The Balaban J connectivity index is 1.45. The molecule has 1 aromatic carbocycles. The van der Waals surface area contributed by atoms with Crippen molar-refractivity contribution in [1.82, 2.24) is 15.3 Å². The van der Waals surface area contributed by atoms with Crippen LogP contribution in [0.4, 0.5) is 33.6 Å². The van der Waals surface area contributed by atoms with Crippen molar-refractivity contribution < 1.29 is 22.0 Å². The van der Waals surface area contributed by atoms with Crippen LogP contribution in [0.2, 0.25) is 0 Å². The Morgan fingerprint density at radius 3 is 2.44 bits per heavy atom. The first-order chi connectivity index (χ1) is 16.1. The summed E-state index contributed by atoms with van der Waals surface area (Å²) in [6, 6.07) is -0.0979. The first-order valence-corrected chi connectivity index (χ1v) is 11.1. The minimum Gasteiger partial charge on any atom is -0.357 e. The van der Waals surface area contributed by atoms with Gasteiger partial charge in [0.05, 0.1) is 23.9 Å². The summed E-state index contributed by atoms with van der Waals surface area (Å²) in [5.74, 6) is -0.743. The summed E-state index contributed by atoms with van der Waals surface area (Å²) < 4.78 is 69.7. The summed E-state index contributed by atoms with van der Waals surface area (Å²) in [6.07, 6.45) is 1.25. The fourth-order valence-electron chi connectivity index (χ4n) is 4.37. The predicted molar refractivity (Wildman–Crippen MR) is 121 cm³/mol. The van der Waals surface area contributed by atoms with Gasteiger partial charge in [0.2, 0.25) is 5.95 Å². The van der Waals surface area contributed by atoms with Gasteiger partial charge in [-0.3, -0.25) is 0 Å². The molecule has 1 aromatic heterocycles. The lowest BCUT2D eigenvalue weighted by molar-refractivity contribution is -0.145. The monoisotopic (exact) mass is 479 g/mol. The zero-order valence-corrected chi connectivity index (χ0v) is 18.9. The molecule has 0 saturated heterocycles. The van der Waals surface area contributed by atoms with Crippen molar-refractivity contribution in [2.75, 3.05) is 10.6 Å². The maximum Gasteiger partial charge on any atom is 0.412 e. The molecule has 2 aliphatic rings. The van der Waals surface area contributed by atoms with Crippen molar-refractivity contribution in [3.63, 3.8) is 0 Å². The zero-order valence-electron chi connectivity index (χ0n) is 18.9. The number of nitrogens with one attached hydrogen (secondary N) is 3. The first kappa shape index (κ1) is 24.0. The highest BCUT2D eigenvalue weighted by molar-refractivity contribution is 5.76. The third-order valence-electron chi connectivity index (χ3n) is 6.30. The third-order valence-corrected chi connectivity index (χ3v) is 6.30. The van der Waals surface area contributed by atoms with E-state index in [2.05, 4.69) is 39.4 Å². The average Bonchev–Trinajstić information content (AvgIpc) is 3.55. The van der Waals surface area contributed by atoms with Crippen LogP contribution >= 0.6 is 0 Å². The van der Waals surface area contributed by atoms with Crippen molar-refractivity contribution in [2.45, 2.75) is 57.8 Å². The molecule has 0 aliphatic heterocycles. The number of allylic oxidation sites excluding steroid dienone is 1. The van der Waals surface area contributed by atoms with Crippen molar-refractivity contribution in [3.05, 3.63) is 65.3 Å². The van der Waals surface area contributed by atoms with Gasteiger partial charge in [-0.2, -0.15) is 13.2 Å². The SMILES string of the molecule is C=C(Nc1cnc(NC(CC)C2CC2)nc1)NC(C1=C(C)c2cc(F)cc(F)c2C1)C(F)(F)F. The Kier molecular flexibility index (Phi) is 6.51. The number of anilines is 2. The maximum atomic E-state index is 14.2. The maximum absolute atomic E-state index is 14.2. The predicted octanol–water partition coefficient (Wildman–Crippen LogP) is 5.79. The van der Waals surface area contributed by atoms with Crippen molar-refractivity contribution >= 4 is 17.2 Å². The second kappa shape index (κ2) is 9.23. The summed E-state index contributed by atoms with van der Waals surface area (Å²) in [6.45, 7) is 7.16. The van der Waals surface area contributed by atoms with Crippen LogP contribution in [-0.2, 0) is 6.42 Å². The molecule has 2 aliphatic carbocycles. The molecule has 4 rings (SSSR count). The number of alkyl halides is 3. The first-order valence-electron chi connectivity index (χ1n) is 11.1. The molecule has 1 heterocycles. The van der Waals surface area contributed by atoms with Crippen LogP contribution < -0.4 is 16.0 Å². The lowest BCUT2D eigenvalue weighted by Crippen LogP contribution is -2.44. The highest BCUT2D eigenvalue weighted by Gasteiger charge is 2.45. The standard InChI is InChI=1S/C24H26F5N5/c1-4-21(14-5-6-14)34-23-30-10-16(11-31-23)32-13(3)33-22(24(27,28)29)18-9-19-17(12(18)2)7-15(25)8-20(19)26/h7-8,10-11,14,21-22,32-33H,3-6,9H2,1-2H3,(H,30,31,34). The van der Waals surface area contributed by atoms with Crippen LogP contribution in [0.1, 0.15) is 44.2 Å². The molecule has 1 fully saturated rings. The van der Waals surface area contributed by atoms with Crippen LogP contribution in [0.25, 0.3) is 5.57 Å². The number of fused-ring (bicyclic) bond motifs is 1. The molecule has 0 bridgehead atoms. The lowest BCUT2D eigenvalue weighted by Gasteiger charge is -2.26. The number of hydrogen-bond acceptors (Lipinski definition) is 5. The van der Waals surface area contributed by atoms with Crippen LogP contribution in [0.3, 0.4) is 0 Å². The summed E-state index contributed by atoms with van der Waals surface area (Å²) >= 11 is 0. The third kappa shape index (κ3) is 5.15. The van der Waals surface area contributed by atoms with Crippen LogP contribution in [0.5, 0.6) is 0 Å². The van der Waals surface area contributed by atoms with Gasteiger partial charge in [-0.1, -0.05) is 13.5 Å². The quantitative estimate of drug-likeness (QED) is 0.398. The van der Waals surface area contributed by atoms with E-state index in [1.54, 1.807) is 0 Å². The Morgan fingerprint density at radius 1 is 1.18 bits per heavy atom. The molecule has 3 N–H and O–H groups in total. The fourth-order valence-corrected chi connectivity index (χ4v) is 4.37. The molecular weight excluding hydrogens is 453 g/mol. The van der Waals surface area contributed by atoms with Gasteiger partial charge in [0.1, 0.15) is 17.7 Å². The molecule has 5 nitrogen and oxygen atoms in total. The van der Waals surface area contributed by atoms with E-state index in [1.807, 2.05) is 0 Å². The second-order valence-electron chi connectivity index (χ2n) is 8.76. The van der Waals surface area contributed by atoms with E-state index >= 15 is 0 Å². The molecule has 0 spiro atoms. The molecule has 2 atom stereocenters. The summed E-state index contributed by atoms with van der Waals surface area (Å²) in [5.41, 5.74) is 0.663. The highest BCUT2D eigenvalue weighted by Crippen LogP contribution is 2.40. The van der Waals surface area contributed by atoms with E-state index in [1.165, 1.54) is 32.2 Å². The molecule has 10 heteroatoms. The van der Waals surface area contributed by atoms with Gasteiger partial charge in [0, 0.05) is 12.1 Å². The van der Waals surface area contributed by atoms with Gasteiger partial charge in [-0.15, -0.1) is 0 Å². The normalized spacial score (nSPS) is 17.3. The van der Waals surface area contributed by atoms with Gasteiger partial charge in [-0.05, 0) is 66.9 Å². The Morgan fingerprint density at radius 2 is 1.85 bits per heavy atom. The topological polar surface area (TPSA) is 61.9 Å². The van der Waals surface area contributed by atoms with Gasteiger partial charge in [-0.25, -0.2) is 18.7 Å². The second-order valence-corrected chi connectivity index (χ2v) is 8.76. The average molecular weight is 479 g/mol. The number of aromatic nitrogens is 2. The van der Waals surface area contributed by atoms with E-state index < -0.39 is 23.9 Å². The van der Waals surface area contributed by atoms with Crippen LogP contribution in [-0.4, -0.2) is 28.2 Å². The molecule has 182 valence electrons. The number of nitrogens with zero attached hydrogens (tertiary/aromatic N) is 2. The van der Waals surface area contributed by atoms with Crippen molar-refractivity contribution in [2.24, 2.45) is 5.92 Å². The number of halogens is 5. The van der Waals surface area contributed by atoms with Gasteiger partial charge < -0.3 is 16.0 Å². The molecule has 0 radical (unpaired) electrons. The number of benzene rings is 1. The Bertz CT molecular complexity index is 1110. The Hall–Kier alpha value is -3.17.